The van der Waals surface area contributed by atoms with Gasteiger partial charge in [-0.25, -0.2) is 0 Å². The second-order valence-corrected chi connectivity index (χ2v) is 4.27. The first-order chi connectivity index (χ1) is 6.29. The molecule has 1 aromatic carbocycles. The van der Waals surface area contributed by atoms with Gasteiger partial charge in [0.1, 0.15) is 0 Å². The summed E-state index contributed by atoms with van der Waals surface area (Å²) in [6.07, 6.45) is 0. The largest absolute Gasteiger partial charge is 0.446 e. The first-order valence-corrected chi connectivity index (χ1v) is 4.87. The number of hydrogen-bond donors (Lipinski definition) is 1. The van der Waals surface area contributed by atoms with Gasteiger partial charge in [0.2, 0.25) is 0 Å². The van der Waals surface area contributed by atoms with Gasteiger partial charge in [-0.05, 0) is 23.9 Å². The molecule has 0 amide bonds. The molecule has 0 aliphatic heterocycles. The quantitative estimate of drug-likeness (QED) is 0.606. The van der Waals surface area contributed by atoms with Gasteiger partial charge >= 0.3 is 5.51 Å². The van der Waals surface area contributed by atoms with E-state index < -0.39 is 5.51 Å². The number of benzene rings is 1. The summed E-state index contributed by atoms with van der Waals surface area (Å²) in [6, 6.07) is 2.29. The molecule has 0 heterocycles. The Morgan fingerprint density at radius 2 is 1.71 bits per heavy atom. The van der Waals surface area contributed by atoms with E-state index in [0.717, 1.165) is 6.07 Å². The Labute approximate surface area is 92.4 Å². The maximum atomic E-state index is 12.0. The number of nitrogens with two attached hydrogens (primary N) is 1. The Morgan fingerprint density at radius 3 is 2.21 bits per heavy atom. The van der Waals surface area contributed by atoms with Crippen molar-refractivity contribution in [3.8, 4) is 0 Å². The summed E-state index contributed by atoms with van der Waals surface area (Å²) in [5, 5.41) is -0.00428. The predicted molar refractivity (Wildman–Crippen MR) is 52.8 cm³/mol. The van der Waals surface area contributed by atoms with Crippen LogP contribution in [0.5, 0.6) is 0 Å². The van der Waals surface area contributed by atoms with Crippen LogP contribution in [0, 0.1) is 0 Å². The Balaban J connectivity index is 3.04. The fraction of sp³-hybridized carbons (Fsp3) is 0.143. The molecule has 0 bridgehead atoms. The van der Waals surface area contributed by atoms with Crippen molar-refractivity contribution in [3.05, 3.63) is 22.2 Å². The molecule has 0 saturated heterocycles. The molecule has 0 radical (unpaired) electrons. The van der Waals surface area contributed by atoms with Crippen LogP contribution in [0.3, 0.4) is 0 Å². The molecule has 0 unspecified atom stereocenters. The minimum Gasteiger partial charge on any atom is -0.397 e. The molecule has 1 aromatic rings. The van der Waals surface area contributed by atoms with Crippen LogP contribution in [0.1, 0.15) is 0 Å². The number of hydrogen-bond acceptors (Lipinski definition) is 2. The van der Waals surface area contributed by atoms with Gasteiger partial charge in [0.15, 0.2) is 0 Å². The normalized spacial score (nSPS) is 11.8. The smallest absolute Gasteiger partial charge is 0.397 e. The minimum atomic E-state index is -4.39. The van der Waals surface area contributed by atoms with Crippen molar-refractivity contribution >= 4 is 40.7 Å². The van der Waals surface area contributed by atoms with Crippen molar-refractivity contribution in [1.29, 1.82) is 0 Å². The first kappa shape index (κ1) is 11.8. The van der Waals surface area contributed by atoms with Crippen LogP contribution in [0.15, 0.2) is 17.0 Å². The topological polar surface area (TPSA) is 26.0 Å². The molecule has 0 fully saturated rings. The maximum absolute atomic E-state index is 12.0. The highest BCUT2D eigenvalue weighted by molar-refractivity contribution is 8.00. The molecule has 2 N–H and O–H groups in total. The average molecular weight is 262 g/mol. The van der Waals surface area contributed by atoms with Gasteiger partial charge < -0.3 is 5.73 Å². The van der Waals surface area contributed by atoms with E-state index in [1.54, 1.807) is 0 Å². The monoisotopic (exact) mass is 261 g/mol. The Hall–Kier alpha value is -0.260. The molecule has 1 rings (SSSR count). The standard InChI is InChI=1S/C7H4Cl2F3NS/c8-3-2-6(14-7(10,11)12)4(9)1-5(3)13/h1-2H,13H2. The third kappa shape index (κ3) is 3.15. The van der Waals surface area contributed by atoms with Crippen LogP contribution >= 0.6 is 35.0 Å². The molecule has 0 aromatic heterocycles. The lowest BCUT2D eigenvalue weighted by Crippen LogP contribution is -1.99. The zero-order valence-corrected chi connectivity index (χ0v) is 8.86. The Kier molecular flexibility index (Phi) is 3.44. The fourth-order valence-electron chi connectivity index (χ4n) is 0.747. The second-order valence-electron chi connectivity index (χ2n) is 2.35. The molecule has 7 heteroatoms. The van der Waals surface area contributed by atoms with E-state index in [9.17, 15) is 13.2 Å². The summed E-state index contributed by atoms with van der Waals surface area (Å²) in [5.74, 6) is 0. The van der Waals surface area contributed by atoms with Gasteiger partial charge in [0.05, 0.1) is 15.7 Å². The third-order valence-corrected chi connectivity index (χ3v) is 2.82. The summed E-state index contributed by atoms with van der Waals surface area (Å²) in [6.45, 7) is 0. The van der Waals surface area contributed by atoms with Gasteiger partial charge in [-0.2, -0.15) is 13.2 Å². The van der Waals surface area contributed by atoms with Crippen molar-refractivity contribution in [2.75, 3.05) is 5.73 Å². The van der Waals surface area contributed by atoms with E-state index in [2.05, 4.69) is 0 Å². The number of thioether (sulfide) groups is 1. The molecule has 0 saturated carbocycles. The van der Waals surface area contributed by atoms with E-state index in [1.165, 1.54) is 6.07 Å². The van der Waals surface area contributed by atoms with Crippen molar-refractivity contribution < 1.29 is 13.2 Å². The number of rotatable bonds is 1. The summed E-state index contributed by atoms with van der Waals surface area (Å²) in [4.78, 5) is -0.154. The highest BCUT2D eigenvalue weighted by Gasteiger charge is 2.30. The van der Waals surface area contributed by atoms with E-state index in [4.69, 9.17) is 28.9 Å². The molecule has 0 atom stereocenters. The van der Waals surface area contributed by atoms with Gasteiger partial charge in [-0.1, -0.05) is 23.2 Å². The highest BCUT2D eigenvalue weighted by atomic mass is 35.5. The van der Waals surface area contributed by atoms with Crippen molar-refractivity contribution in [1.82, 2.24) is 0 Å². The van der Waals surface area contributed by atoms with Crippen molar-refractivity contribution in [2.24, 2.45) is 0 Å². The van der Waals surface area contributed by atoms with Gasteiger partial charge in [-0.3, -0.25) is 0 Å². The lowest BCUT2D eigenvalue weighted by atomic mass is 10.3. The van der Waals surface area contributed by atoms with Crippen molar-refractivity contribution in [2.45, 2.75) is 10.4 Å². The van der Waals surface area contributed by atoms with E-state index in [-0.39, 0.29) is 32.4 Å². The first-order valence-electron chi connectivity index (χ1n) is 3.30. The van der Waals surface area contributed by atoms with E-state index in [0.29, 0.717) is 0 Å². The van der Waals surface area contributed by atoms with Gasteiger partial charge in [0, 0.05) is 4.90 Å². The molecule has 0 spiro atoms. The fourth-order valence-corrected chi connectivity index (χ4v) is 1.85. The molecule has 0 aliphatic rings. The third-order valence-electron chi connectivity index (χ3n) is 1.28. The molecular weight excluding hydrogens is 258 g/mol. The van der Waals surface area contributed by atoms with Crippen LogP contribution in [0.2, 0.25) is 10.0 Å². The van der Waals surface area contributed by atoms with Crippen LogP contribution in [0.25, 0.3) is 0 Å². The predicted octanol–water partition coefficient (Wildman–Crippen LogP) is 4.19. The van der Waals surface area contributed by atoms with Crippen LogP contribution in [-0.2, 0) is 0 Å². The Bertz CT molecular complexity index is 354. The molecule has 78 valence electrons. The summed E-state index contributed by atoms with van der Waals surface area (Å²) >= 11 is 10.8. The average Bonchev–Trinajstić information content (AvgIpc) is 1.97. The number of halogens is 5. The SMILES string of the molecule is Nc1cc(Cl)c(SC(F)(F)F)cc1Cl. The number of anilines is 1. The summed E-state index contributed by atoms with van der Waals surface area (Å²) in [7, 11) is 0. The molecular formula is C7H4Cl2F3NS. The van der Waals surface area contributed by atoms with Gasteiger partial charge in [-0.15, -0.1) is 0 Å². The second kappa shape index (κ2) is 4.08. The van der Waals surface area contributed by atoms with Crippen molar-refractivity contribution in [3.63, 3.8) is 0 Å². The molecule has 1 nitrogen and oxygen atoms in total. The lowest BCUT2D eigenvalue weighted by Gasteiger charge is -2.08. The summed E-state index contributed by atoms with van der Waals surface area (Å²) in [5.41, 5.74) is 1.12. The Morgan fingerprint density at radius 1 is 1.14 bits per heavy atom. The zero-order valence-electron chi connectivity index (χ0n) is 6.53. The van der Waals surface area contributed by atoms with E-state index >= 15 is 0 Å². The molecule has 0 aliphatic carbocycles. The van der Waals surface area contributed by atoms with E-state index in [1.807, 2.05) is 0 Å². The van der Waals surface area contributed by atoms with Crippen LogP contribution < -0.4 is 5.73 Å². The zero-order chi connectivity index (χ0) is 10.9. The van der Waals surface area contributed by atoms with Crippen LogP contribution in [-0.4, -0.2) is 5.51 Å². The number of nitrogen functional groups attached to an aromatic ring is 1. The van der Waals surface area contributed by atoms with Gasteiger partial charge in [0.25, 0.3) is 0 Å². The maximum Gasteiger partial charge on any atom is 0.446 e. The molecule has 14 heavy (non-hydrogen) atoms. The minimum absolute atomic E-state index is 0.0566. The highest BCUT2D eigenvalue weighted by Crippen LogP contribution is 2.42. The van der Waals surface area contributed by atoms with Crippen LogP contribution in [0.4, 0.5) is 18.9 Å². The lowest BCUT2D eigenvalue weighted by molar-refractivity contribution is -0.0328. The summed E-state index contributed by atoms with van der Waals surface area (Å²) < 4.78 is 36.0. The number of alkyl halides is 3.